The van der Waals surface area contributed by atoms with E-state index in [-0.39, 0.29) is 37.7 Å². The Morgan fingerprint density at radius 3 is 1.94 bits per heavy atom. The lowest BCUT2D eigenvalue weighted by molar-refractivity contribution is -0.149. The molecule has 1 saturated carbocycles. The highest BCUT2D eigenvalue weighted by atomic mass is 16.5. The minimum Gasteiger partial charge on any atom is -0.459 e. The first-order valence-corrected chi connectivity index (χ1v) is 21.4. The van der Waals surface area contributed by atoms with Crippen molar-refractivity contribution >= 4 is 55.1 Å². The molecule has 4 atom stereocenters. The zero-order chi connectivity index (χ0) is 45.8. The number of carbonyl (C=O) groups excluding carboxylic acids is 8. The summed E-state index contributed by atoms with van der Waals surface area (Å²) in [5.74, 6) is -5.83. The standard InChI is InChI=1S/C46H54BN7O10/c1-2-15-35(40(56)43(59)48-25-37(55)52-39(33-22-13-6-14-23-33)44(60)63-27-30-16-7-3-8-17-30)50-41(57)36(51-42(58)38(53-45(47)61)32-20-11-5-12-21-32)24-34-26-54(29-49-34)46(62)64-28-31-18-9-4-10-19-31/h3-4,6-10,13-14,16-19,22-23,26,29,32,35-36,38-39H,2,5,11-12,15,20-21,24-25,27-28,47H2,1H3,(H,48,59)(H,50,57)(H,51,58)(H,52,55)(H,53,61)/t35?,36-,38-,39-/m0/s1. The Balaban J connectivity index is 1.26. The first-order valence-electron chi connectivity index (χ1n) is 21.4. The molecule has 0 spiro atoms. The molecule has 1 aromatic heterocycles. The normalized spacial score (nSPS) is 14.3. The van der Waals surface area contributed by atoms with Gasteiger partial charge in [-0.2, -0.15) is 0 Å². The maximum absolute atomic E-state index is 14.1. The molecule has 0 radical (unpaired) electrons. The predicted octanol–water partition coefficient (Wildman–Crippen LogP) is 2.96. The molecule has 5 amide bonds. The van der Waals surface area contributed by atoms with Gasteiger partial charge in [0.15, 0.2) is 11.8 Å². The summed E-state index contributed by atoms with van der Waals surface area (Å²) in [6.07, 6.45) is 6.07. The molecule has 4 aromatic rings. The number of imidazole rings is 1. The average Bonchev–Trinajstić information content (AvgIpc) is 3.79. The van der Waals surface area contributed by atoms with E-state index in [0.717, 1.165) is 35.0 Å². The van der Waals surface area contributed by atoms with Crippen molar-refractivity contribution in [1.29, 1.82) is 0 Å². The van der Waals surface area contributed by atoms with Gasteiger partial charge in [-0.15, -0.1) is 0 Å². The molecule has 0 saturated heterocycles. The van der Waals surface area contributed by atoms with Crippen molar-refractivity contribution in [2.45, 2.75) is 95.7 Å². The van der Waals surface area contributed by atoms with Gasteiger partial charge in [0.2, 0.25) is 31.4 Å². The smallest absolute Gasteiger partial charge is 0.419 e. The van der Waals surface area contributed by atoms with Crippen molar-refractivity contribution in [3.05, 3.63) is 126 Å². The van der Waals surface area contributed by atoms with Crippen LogP contribution in [0.5, 0.6) is 0 Å². The lowest BCUT2D eigenvalue weighted by Gasteiger charge is -2.31. The number of esters is 1. The van der Waals surface area contributed by atoms with Crippen molar-refractivity contribution in [3.63, 3.8) is 0 Å². The summed E-state index contributed by atoms with van der Waals surface area (Å²) >= 11 is 0. The van der Waals surface area contributed by atoms with Gasteiger partial charge in [0.1, 0.15) is 31.6 Å². The summed E-state index contributed by atoms with van der Waals surface area (Å²) in [6.45, 7) is 1.02. The summed E-state index contributed by atoms with van der Waals surface area (Å²) in [5, 5.41) is 12.9. The van der Waals surface area contributed by atoms with Gasteiger partial charge in [0.05, 0.1) is 18.3 Å². The largest absolute Gasteiger partial charge is 0.459 e. The molecule has 5 rings (SSSR count). The van der Waals surface area contributed by atoms with Crippen LogP contribution in [-0.2, 0) is 57.9 Å². The van der Waals surface area contributed by atoms with Crippen molar-refractivity contribution in [1.82, 2.24) is 36.1 Å². The lowest BCUT2D eigenvalue weighted by Crippen LogP contribution is -2.58. The fraction of sp³-hybridized carbons (Fsp3) is 0.370. The van der Waals surface area contributed by atoms with Gasteiger partial charge in [0.25, 0.3) is 5.91 Å². The molecular formula is C46H54BN7O10. The van der Waals surface area contributed by atoms with Crippen LogP contribution < -0.4 is 26.6 Å². The molecule has 0 bridgehead atoms. The number of carbonyl (C=O) groups is 8. The van der Waals surface area contributed by atoms with E-state index in [1.807, 2.05) is 24.3 Å². The summed E-state index contributed by atoms with van der Waals surface area (Å²) in [4.78, 5) is 111. The number of ketones is 1. The first kappa shape index (κ1) is 47.9. The molecule has 18 heteroatoms. The Morgan fingerprint density at radius 1 is 0.734 bits per heavy atom. The number of rotatable bonds is 21. The molecule has 1 unspecified atom stereocenters. The van der Waals surface area contributed by atoms with E-state index in [2.05, 4.69) is 31.6 Å². The fourth-order valence-corrected chi connectivity index (χ4v) is 7.31. The predicted molar refractivity (Wildman–Crippen MR) is 236 cm³/mol. The number of benzene rings is 3. The molecule has 1 heterocycles. The second-order valence-electron chi connectivity index (χ2n) is 15.6. The van der Waals surface area contributed by atoms with Crippen LogP contribution in [0.25, 0.3) is 0 Å². The monoisotopic (exact) mass is 875 g/mol. The molecule has 5 N–H and O–H groups in total. The third-order valence-electron chi connectivity index (χ3n) is 10.6. The molecule has 64 heavy (non-hydrogen) atoms. The van der Waals surface area contributed by atoms with Gasteiger partial charge in [-0.1, -0.05) is 124 Å². The number of Topliss-reactive ketones (excluding diaryl/α,β-unsaturated/α-hetero) is 1. The third kappa shape index (κ3) is 14.8. The van der Waals surface area contributed by atoms with Crippen molar-refractivity contribution in [3.8, 4) is 0 Å². The molecule has 1 aliphatic carbocycles. The number of nitrogens with one attached hydrogen (secondary N) is 5. The number of nitrogens with zero attached hydrogens (tertiary/aromatic N) is 2. The molecule has 1 fully saturated rings. The zero-order valence-electron chi connectivity index (χ0n) is 36.0. The first-order chi connectivity index (χ1) is 30.9. The number of hydrogen-bond donors (Lipinski definition) is 5. The van der Waals surface area contributed by atoms with Crippen molar-refractivity contribution in [2.24, 2.45) is 5.92 Å². The average molecular weight is 876 g/mol. The van der Waals surface area contributed by atoms with Gasteiger partial charge in [-0.25, -0.2) is 19.1 Å². The van der Waals surface area contributed by atoms with Crippen molar-refractivity contribution in [2.75, 3.05) is 6.54 Å². The van der Waals surface area contributed by atoms with E-state index in [4.69, 9.17) is 9.47 Å². The van der Waals surface area contributed by atoms with E-state index in [0.29, 0.717) is 24.8 Å². The number of hydrogen-bond acceptors (Lipinski definition) is 11. The van der Waals surface area contributed by atoms with Crippen LogP contribution in [0.15, 0.2) is 104 Å². The topological polar surface area (TPSA) is 233 Å². The zero-order valence-corrected chi connectivity index (χ0v) is 36.0. The molecule has 17 nitrogen and oxygen atoms in total. The Hall–Kier alpha value is -7.11. The summed E-state index contributed by atoms with van der Waals surface area (Å²) in [6, 6.07) is 21.5. The number of aromatic nitrogens is 2. The van der Waals surface area contributed by atoms with Crippen LogP contribution in [0.3, 0.4) is 0 Å². The highest BCUT2D eigenvalue weighted by Gasteiger charge is 2.35. The van der Waals surface area contributed by atoms with Gasteiger partial charge < -0.3 is 36.1 Å². The minimum atomic E-state index is -1.38. The highest BCUT2D eigenvalue weighted by Crippen LogP contribution is 2.27. The van der Waals surface area contributed by atoms with Crippen LogP contribution in [0.2, 0.25) is 0 Å². The second-order valence-corrected chi connectivity index (χ2v) is 15.6. The fourth-order valence-electron chi connectivity index (χ4n) is 7.31. The third-order valence-corrected chi connectivity index (χ3v) is 10.6. The molecular weight excluding hydrogens is 821 g/mol. The molecule has 0 aliphatic heterocycles. The van der Waals surface area contributed by atoms with E-state index in [9.17, 15) is 38.4 Å². The molecule has 336 valence electrons. The van der Waals surface area contributed by atoms with Crippen LogP contribution in [0.1, 0.15) is 80.3 Å². The van der Waals surface area contributed by atoms with E-state index in [1.54, 1.807) is 73.7 Å². The Morgan fingerprint density at radius 2 is 1.33 bits per heavy atom. The van der Waals surface area contributed by atoms with Crippen LogP contribution in [-0.4, -0.2) is 89.3 Å². The SMILES string of the molecule is BC(=O)N[C@H](C(=O)N[C@@H](Cc1cn(C(=O)OCc2ccccc2)cn1)C(=O)NC(CCC)C(=O)C(=O)NCC(=O)N[C@H](C(=O)OCc1ccccc1)c1ccccc1)C1CCCCC1. The summed E-state index contributed by atoms with van der Waals surface area (Å²) in [5.41, 5.74) is 2.15. The number of amides is 5. The lowest BCUT2D eigenvalue weighted by atomic mass is 9.83. The van der Waals surface area contributed by atoms with Gasteiger partial charge in [0, 0.05) is 12.6 Å². The summed E-state index contributed by atoms with van der Waals surface area (Å²) < 4.78 is 12.0. The quantitative estimate of drug-likeness (QED) is 0.0464. The van der Waals surface area contributed by atoms with Crippen LogP contribution in [0.4, 0.5) is 9.59 Å². The summed E-state index contributed by atoms with van der Waals surface area (Å²) in [7, 11) is 1.30. The van der Waals surface area contributed by atoms with E-state index in [1.165, 1.54) is 20.4 Å². The maximum Gasteiger partial charge on any atom is 0.419 e. The van der Waals surface area contributed by atoms with Gasteiger partial charge in [-0.05, 0) is 41.9 Å². The van der Waals surface area contributed by atoms with Gasteiger partial charge in [-0.3, -0.25) is 28.8 Å². The Bertz CT molecular complexity index is 2220. The Labute approximate surface area is 372 Å². The maximum atomic E-state index is 14.1. The van der Waals surface area contributed by atoms with Crippen LogP contribution in [0, 0.1) is 5.92 Å². The van der Waals surface area contributed by atoms with Crippen molar-refractivity contribution < 1.29 is 47.8 Å². The molecule has 3 aromatic carbocycles. The van der Waals surface area contributed by atoms with Crippen LogP contribution >= 0.6 is 0 Å². The van der Waals surface area contributed by atoms with Gasteiger partial charge >= 0.3 is 12.1 Å². The highest BCUT2D eigenvalue weighted by molar-refractivity contribution is 6.57. The van der Waals surface area contributed by atoms with E-state index >= 15 is 0 Å². The minimum absolute atomic E-state index is 0.00308. The Kier molecular flexibility index (Phi) is 18.4. The number of ether oxygens (including phenoxy) is 2. The van der Waals surface area contributed by atoms with E-state index < -0.39 is 78.0 Å². The second kappa shape index (κ2) is 24.5. The molecule has 1 aliphatic rings.